The normalized spacial score (nSPS) is 24.8. The third kappa shape index (κ3) is 3.71. The number of amides is 3. The Labute approximate surface area is 197 Å². The number of nitrogens with one attached hydrogen (secondary N) is 1. The minimum Gasteiger partial charge on any atom is -0.452 e. The zero-order chi connectivity index (χ0) is 24.0. The lowest BCUT2D eigenvalue weighted by Gasteiger charge is -2.19. The average molecular weight is 459 g/mol. The van der Waals surface area contributed by atoms with Gasteiger partial charge in [0.05, 0.1) is 23.1 Å². The van der Waals surface area contributed by atoms with Gasteiger partial charge in [0, 0.05) is 5.69 Å². The SMILES string of the molecule is CCc1ccc(NC(=O)COC(=O)c2cccc(N3C(=O)[C@@H]4[C@H](C3=O)[C@H]3C=C(C)[C@H]4C3)c2)cc1. The summed E-state index contributed by atoms with van der Waals surface area (Å²) in [5.41, 5.74) is 3.49. The summed E-state index contributed by atoms with van der Waals surface area (Å²) in [6, 6.07) is 13.7. The van der Waals surface area contributed by atoms with Gasteiger partial charge in [0.25, 0.3) is 5.91 Å². The van der Waals surface area contributed by atoms with Crippen molar-refractivity contribution >= 4 is 35.1 Å². The number of benzene rings is 2. The summed E-state index contributed by atoms with van der Waals surface area (Å²) in [6.07, 6.45) is 3.89. The first kappa shape index (κ1) is 22.1. The number of imide groups is 1. The van der Waals surface area contributed by atoms with Crippen molar-refractivity contribution in [3.05, 3.63) is 71.3 Å². The molecule has 174 valence electrons. The minimum absolute atomic E-state index is 0.112. The predicted molar refractivity (Wildman–Crippen MR) is 126 cm³/mol. The van der Waals surface area contributed by atoms with E-state index in [1.54, 1.807) is 24.3 Å². The molecule has 2 fully saturated rings. The van der Waals surface area contributed by atoms with E-state index in [0.29, 0.717) is 11.4 Å². The predicted octanol–water partition coefficient (Wildman–Crippen LogP) is 3.75. The first-order valence-corrected chi connectivity index (χ1v) is 11.6. The van der Waals surface area contributed by atoms with Crippen molar-refractivity contribution in [3.8, 4) is 0 Å². The summed E-state index contributed by atoms with van der Waals surface area (Å²) in [4.78, 5) is 52.2. The molecular weight excluding hydrogens is 432 g/mol. The summed E-state index contributed by atoms with van der Waals surface area (Å²) in [5, 5.41) is 2.69. The Balaban J connectivity index is 1.23. The molecule has 1 aliphatic heterocycles. The molecule has 3 aliphatic rings. The van der Waals surface area contributed by atoms with Crippen LogP contribution in [0.4, 0.5) is 11.4 Å². The molecule has 2 bridgehead atoms. The number of hydrogen-bond donors (Lipinski definition) is 1. The standard InChI is InChI=1S/C27H26N2O5/c1-3-16-7-9-19(10-8-16)28-22(30)14-34-27(33)17-5-4-6-20(12-17)29-25(31)23-18-11-15(2)21(13-18)24(23)26(29)32/h4-12,18,21,23-24H,3,13-14H2,1-2H3,(H,28,30)/t18-,21+,23+,24-/m0/s1. The maximum absolute atomic E-state index is 13.2. The Hall–Kier alpha value is -3.74. The van der Waals surface area contributed by atoms with E-state index >= 15 is 0 Å². The molecule has 1 N–H and O–H groups in total. The first-order chi connectivity index (χ1) is 16.4. The third-order valence-corrected chi connectivity index (χ3v) is 7.20. The molecule has 1 saturated carbocycles. The summed E-state index contributed by atoms with van der Waals surface area (Å²) in [6.45, 7) is 3.62. The number of anilines is 2. The Kier molecular flexibility index (Phi) is 5.55. The van der Waals surface area contributed by atoms with Crippen molar-refractivity contribution in [1.29, 1.82) is 0 Å². The molecule has 0 aromatic heterocycles. The molecule has 5 rings (SSSR count). The van der Waals surface area contributed by atoms with Gasteiger partial charge in [-0.05, 0) is 67.5 Å². The summed E-state index contributed by atoms with van der Waals surface area (Å²) >= 11 is 0. The van der Waals surface area contributed by atoms with E-state index in [9.17, 15) is 19.2 Å². The second-order valence-corrected chi connectivity index (χ2v) is 9.21. The summed E-state index contributed by atoms with van der Waals surface area (Å²) in [7, 11) is 0. The highest BCUT2D eigenvalue weighted by Crippen LogP contribution is 2.55. The van der Waals surface area contributed by atoms with Crippen LogP contribution in [0.2, 0.25) is 0 Å². The van der Waals surface area contributed by atoms with Crippen LogP contribution in [0.15, 0.2) is 60.2 Å². The average Bonchev–Trinajstić information content (AvgIpc) is 3.48. The number of hydrogen-bond acceptors (Lipinski definition) is 5. The van der Waals surface area contributed by atoms with E-state index in [4.69, 9.17) is 4.74 Å². The number of allylic oxidation sites excluding steroid dienone is 2. The topological polar surface area (TPSA) is 92.8 Å². The van der Waals surface area contributed by atoms with Gasteiger partial charge in [-0.15, -0.1) is 0 Å². The van der Waals surface area contributed by atoms with Crippen LogP contribution in [-0.4, -0.2) is 30.3 Å². The summed E-state index contributed by atoms with van der Waals surface area (Å²) < 4.78 is 5.16. The van der Waals surface area contributed by atoms with Gasteiger partial charge in [-0.2, -0.15) is 0 Å². The zero-order valence-corrected chi connectivity index (χ0v) is 19.1. The van der Waals surface area contributed by atoms with Crippen LogP contribution in [0, 0.1) is 23.7 Å². The van der Waals surface area contributed by atoms with Crippen molar-refractivity contribution in [2.75, 3.05) is 16.8 Å². The number of rotatable bonds is 6. The molecule has 7 heteroatoms. The monoisotopic (exact) mass is 458 g/mol. The van der Waals surface area contributed by atoms with Gasteiger partial charge in [-0.1, -0.05) is 36.8 Å². The number of fused-ring (bicyclic) bond motifs is 5. The van der Waals surface area contributed by atoms with Crippen molar-refractivity contribution in [2.45, 2.75) is 26.7 Å². The van der Waals surface area contributed by atoms with Gasteiger partial charge in [-0.3, -0.25) is 14.4 Å². The lowest BCUT2D eigenvalue weighted by Crippen LogP contribution is -2.33. The van der Waals surface area contributed by atoms with Crippen molar-refractivity contribution in [1.82, 2.24) is 0 Å². The fourth-order valence-electron chi connectivity index (χ4n) is 5.54. The molecular formula is C27H26N2O5. The Bertz CT molecular complexity index is 1220. The highest BCUT2D eigenvalue weighted by atomic mass is 16.5. The molecule has 7 nitrogen and oxygen atoms in total. The lowest BCUT2D eigenvalue weighted by atomic mass is 9.82. The van der Waals surface area contributed by atoms with Crippen LogP contribution in [0.3, 0.4) is 0 Å². The Morgan fingerprint density at radius 2 is 1.79 bits per heavy atom. The molecule has 4 atom stereocenters. The first-order valence-electron chi connectivity index (χ1n) is 11.6. The van der Waals surface area contributed by atoms with E-state index in [-0.39, 0.29) is 41.0 Å². The van der Waals surface area contributed by atoms with Crippen LogP contribution in [-0.2, 0) is 25.5 Å². The number of aryl methyl sites for hydroxylation is 1. The van der Waals surface area contributed by atoms with Gasteiger partial charge in [0.15, 0.2) is 6.61 Å². The molecule has 2 aromatic rings. The maximum Gasteiger partial charge on any atom is 0.338 e. The van der Waals surface area contributed by atoms with E-state index in [1.807, 2.05) is 26.0 Å². The Morgan fingerprint density at radius 3 is 2.53 bits per heavy atom. The number of nitrogens with zero attached hydrogens (tertiary/aromatic N) is 1. The van der Waals surface area contributed by atoms with Crippen molar-refractivity contribution in [2.24, 2.45) is 23.7 Å². The van der Waals surface area contributed by atoms with Gasteiger partial charge in [0.2, 0.25) is 11.8 Å². The number of ether oxygens (including phenoxy) is 1. The second kappa shape index (κ2) is 8.56. The lowest BCUT2D eigenvalue weighted by molar-refractivity contribution is -0.123. The maximum atomic E-state index is 13.2. The molecule has 3 amide bonds. The van der Waals surface area contributed by atoms with E-state index in [0.717, 1.165) is 18.4 Å². The largest absolute Gasteiger partial charge is 0.452 e. The van der Waals surface area contributed by atoms with Crippen LogP contribution < -0.4 is 10.2 Å². The zero-order valence-electron chi connectivity index (χ0n) is 19.1. The number of esters is 1. The van der Waals surface area contributed by atoms with Crippen LogP contribution >= 0.6 is 0 Å². The van der Waals surface area contributed by atoms with Gasteiger partial charge in [-0.25, -0.2) is 9.69 Å². The minimum atomic E-state index is -0.699. The van der Waals surface area contributed by atoms with E-state index < -0.39 is 18.5 Å². The quantitative estimate of drug-likeness (QED) is 0.404. The molecule has 2 aromatic carbocycles. The molecule has 2 aliphatic carbocycles. The Morgan fingerprint density at radius 1 is 1.06 bits per heavy atom. The second-order valence-electron chi connectivity index (χ2n) is 9.21. The number of carbonyl (C=O) groups excluding carboxylic acids is 4. The molecule has 0 radical (unpaired) electrons. The van der Waals surface area contributed by atoms with Crippen molar-refractivity contribution in [3.63, 3.8) is 0 Å². The van der Waals surface area contributed by atoms with Gasteiger partial charge >= 0.3 is 5.97 Å². The van der Waals surface area contributed by atoms with Gasteiger partial charge in [0.1, 0.15) is 0 Å². The molecule has 1 heterocycles. The molecule has 1 saturated heterocycles. The van der Waals surface area contributed by atoms with Gasteiger partial charge < -0.3 is 10.1 Å². The fourth-order valence-corrected chi connectivity index (χ4v) is 5.54. The summed E-state index contributed by atoms with van der Waals surface area (Å²) in [5.74, 6) is -1.94. The smallest absolute Gasteiger partial charge is 0.338 e. The van der Waals surface area contributed by atoms with Crippen LogP contribution in [0.5, 0.6) is 0 Å². The van der Waals surface area contributed by atoms with E-state index in [2.05, 4.69) is 11.4 Å². The van der Waals surface area contributed by atoms with Crippen LogP contribution in [0.1, 0.15) is 36.2 Å². The third-order valence-electron chi connectivity index (χ3n) is 7.20. The number of carbonyl (C=O) groups is 4. The molecule has 0 spiro atoms. The van der Waals surface area contributed by atoms with E-state index in [1.165, 1.54) is 22.6 Å². The fraction of sp³-hybridized carbons (Fsp3) is 0.333. The van der Waals surface area contributed by atoms with Crippen LogP contribution in [0.25, 0.3) is 0 Å². The molecule has 34 heavy (non-hydrogen) atoms. The highest BCUT2D eigenvalue weighted by molar-refractivity contribution is 6.23. The molecule has 0 unspecified atom stereocenters. The highest BCUT2D eigenvalue weighted by Gasteiger charge is 2.60. The van der Waals surface area contributed by atoms with Crippen molar-refractivity contribution < 1.29 is 23.9 Å².